The number of hydrogen-bond donors (Lipinski definition) is 2. The zero-order chi connectivity index (χ0) is 19.7. The molecule has 0 saturated carbocycles. The number of nitrogens with zero attached hydrogens (tertiary/aromatic N) is 2. The van der Waals surface area contributed by atoms with E-state index in [0.29, 0.717) is 18.7 Å². The van der Waals surface area contributed by atoms with Crippen LogP contribution in [-0.4, -0.2) is 39.1 Å². The Balaban J connectivity index is 1.57. The van der Waals surface area contributed by atoms with Gasteiger partial charge in [-0.05, 0) is 36.6 Å². The van der Waals surface area contributed by atoms with Crippen molar-refractivity contribution in [1.29, 1.82) is 0 Å². The summed E-state index contributed by atoms with van der Waals surface area (Å²) in [6.45, 7) is 1.15. The lowest BCUT2D eigenvalue weighted by atomic mass is 9.90. The maximum Gasteiger partial charge on any atom is 0.266 e. The Hall–Kier alpha value is -2.93. The number of H-pyrrole nitrogens is 2. The van der Waals surface area contributed by atoms with Crippen molar-refractivity contribution < 1.29 is 9.18 Å². The number of rotatable bonds is 3. The van der Waals surface area contributed by atoms with E-state index < -0.39 is 5.56 Å². The van der Waals surface area contributed by atoms with Gasteiger partial charge in [-0.15, -0.1) is 0 Å². The Morgan fingerprint density at radius 2 is 2.07 bits per heavy atom. The number of carbonyl (C=O) groups is 1. The molecule has 3 heterocycles. The number of piperidine rings is 1. The molecule has 0 unspecified atom stereocenters. The van der Waals surface area contributed by atoms with Crippen LogP contribution in [0.2, 0.25) is 5.02 Å². The molecule has 1 aliphatic rings. The smallest absolute Gasteiger partial charge is 0.266 e. The molecule has 1 amide bonds. The summed E-state index contributed by atoms with van der Waals surface area (Å²) in [6, 6.07) is 7.67. The summed E-state index contributed by atoms with van der Waals surface area (Å²) in [5, 5.41) is 7.21. The number of pyridine rings is 1. The third kappa shape index (κ3) is 3.57. The van der Waals surface area contributed by atoms with Gasteiger partial charge in [0.15, 0.2) is 0 Å². The van der Waals surface area contributed by atoms with Crippen LogP contribution in [0.5, 0.6) is 0 Å². The van der Waals surface area contributed by atoms with E-state index in [0.717, 1.165) is 29.7 Å². The third-order valence-electron chi connectivity index (χ3n) is 5.05. The minimum atomic E-state index is -0.420. The number of hydrogen-bond acceptors (Lipinski definition) is 3. The number of likely N-dealkylation sites (tertiary alicyclic amines) is 1. The van der Waals surface area contributed by atoms with Crippen molar-refractivity contribution in [3.63, 3.8) is 0 Å². The molecule has 0 bridgehead atoms. The van der Waals surface area contributed by atoms with E-state index in [9.17, 15) is 14.0 Å². The monoisotopic (exact) mass is 400 g/mol. The van der Waals surface area contributed by atoms with E-state index in [1.54, 1.807) is 23.2 Å². The normalized spacial score (nSPS) is 16.9. The molecule has 0 radical (unpaired) electrons. The Kier molecular flexibility index (Phi) is 5.00. The fourth-order valence-electron chi connectivity index (χ4n) is 3.63. The third-order valence-corrected chi connectivity index (χ3v) is 5.33. The largest absolute Gasteiger partial charge is 0.338 e. The van der Waals surface area contributed by atoms with E-state index in [1.165, 1.54) is 24.4 Å². The van der Waals surface area contributed by atoms with Crippen LogP contribution in [0.1, 0.15) is 34.8 Å². The Morgan fingerprint density at radius 3 is 2.82 bits per heavy atom. The van der Waals surface area contributed by atoms with Crippen molar-refractivity contribution in [1.82, 2.24) is 20.1 Å². The second kappa shape index (κ2) is 7.59. The average molecular weight is 401 g/mol. The Morgan fingerprint density at radius 1 is 1.29 bits per heavy atom. The molecule has 8 heteroatoms. The van der Waals surface area contributed by atoms with Gasteiger partial charge in [0.05, 0.1) is 11.8 Å². The van der Waals surface area contributed by atoms with Crippen molar-refractivity contribution in [2.45, 2.75) is 18.8 Å². The fourth-order valence-corrected chi connectivity index (χ4v) is 3.80. The summed E-state index contributed by atoms with van der Waals surface area (Å²) >= 11 is 5.85. The summed E-state index contributed by atoms with van der Waals surface area (Å²) in [4.78, 5) is 28.5. The van der Waals surface area contributed by atoms with E-state index in [1.807, 2.05) is 0 Å². The molecule has 28 heavy (non-hydrogen) atoms. The van der Waals surface area contributed by atoms with Crippen molar-refractivity contribution in [2.24, 2.45) is 0 Å². The predicted octanol–water partition coefficient (Wildman–Crippen LogP) is 3.58. The van der Waals surface area contributed by atoms with Crippen LogP contribution in [0.3, 0.4) is 0 Å². The highest BCUT2D eigenvalue weighted by Gasteiger charge is 2.28. The van der Waals surface area contributed by atoms with E-state index in [-0.39, 0.29) is 22.7 Å². The number of halogens is 2. The highest BCUT2D eigenvalue weighted by Crippen LogP contribution is 2.33. The topological polar surface area (TPSA) is 81.9 Å². The summed E-state index contributed by atoms with van der Waals surface area (Å²) in [6.07, 6.45) is 4.87. The number of carbonyl (C=O) groups excluding carboxylic acids is 1. The van der Waals surface area contributed by atoms with Gasteiger partial charge in [-0.1, -0.05) is 23.7 Å². The molecular formula is C20H18ClFN4O2. The van der Waals surface area contributed by atoms with E-state index in [4.69, 9.17) is 11.6 Å². The van der Waals surface area contributed by atoms with Crippen molar-refractivity contribution >= 4 is 17.5 Å². The quantitative estimate of drug-likeness (QED) is 0.705. The number of nitrogens with one attached hydrogen (secondary N) is 2. The Labute approximate surface area is 165 Å². The highest BCUT2D eigenvalue weighted by molar-refractivity contribution is 6.30. The van der Waals surface area contributed by atoms with Gasteiger partial charge in [-0.2, -0.15) is 5.10 Å². The number of benzene rings is 1. The maximum atomic E-state index is 13.2. The van der Waals surface area contributed by atoms with Gasteiger partial charge in [-0.25, -0.2) is 4.39 Å². The molecule has 1 saturated heterocycles. The summed E-state index contributed by atoms with van der Waals surface area (Å²) in [7, 11) is 0. The molecule has 0 aliphatic carbocycles. The minimum absolute atomic E-state index is 0.00780. The van der Waals surface area contributed by atoms with Gasteiger partial charge < -0.3 is 9.88 Å². The van der Waals surface area contributed by atoms with Crippen LogP contribution in [-0.2, 0) is 0 Å². The molecule has 0 spiro atoms. The van der Waals surface area contributed by atoms with Crippen molar-refractivity contribution in [2.75, 3.05) is 13.1 Å². The van der Waals surface area contributed by atoms with Crippen molar-refractivity contribution in [3.8, 4) is 11.1 Å². The first-order valence-corrected chi connectivity index (χ1v) is 9.37. The Bertz CT molecular complexity index is 1060. The molecule has 144 valence electrons. The first kappa shape index (κ1) is 18.4. The average Bonchev–Trinajstić information content (AvgIpc) is 3.20. The molecule has 1 fully saturated rings. The SMILES string of the molecule is O=C(c1c[nH]c(=O)c(Cl)c1)N1CCC[C@H](c2[nH]ncc2-c2ccc(F)cc2)C1. The molecule has 3 aromatic rings. The lowest BCUT2D eigenvalue weighted by Crippen LogP contribution is -2.39. The predicted molar refractivity (Wildman–Crippen MR) is 104 cm³/mol. The lowest BCUT2D eigenvalue weighted by molar-refractivity contribution is 0.0705. The summed E-state index contributed by atoms with van der Waals surface area (Å²) in [5.41, 5.74) is 2.65. The van der Waals surface area contributed by atoms with Gasteiger partial charge in [0.25, 0.3) is 11.5 Å². The van der Waals surface area contributed by atoms with Crippen LogP contribution in [0, 0.1) is 5.82 Å². The highest BCUT2D eigenvalue weighted by atomic mass is 35.5. The van der Waals surface area contributed by atoms with Crippen molar-refractivity contribution in [3.05, 3.63) is 75.2 Å². The molecule has 4 rings (SSSR count). The molecule has 1 atom stereocenters. The van der Waals surface area contributed by atoms with Crippen LogP contribution in [0.15, 0.2) is 47.5 Å². The molecule has 2 aromatic heterocycles. The zero-order valence-corrected chi connectivity index (χ0v) is 15.7. The van der Waals surface area contributed by atoms with E-state index >= 15 is 0 Å². The second-order valence-corrected chi connectivity index (χ2v) is 7.27. The van der Waals surface area contributed by atoms with Crippen LogP contribution in [0.25, 0.3) is 11.1 Å². The molecule has 6 nitrogen and oxygen atoms in total. The minimum Gasteiger partial charge on any atom is -0.338 e. The van der Waals surface area contributed by atoms with Gasteiger partial charge >= 0.3 is 0 Å². The fraction of sp³-hybridized carbons (Fsp3) is 0.250. The van der Waals surface area contributed by atoms with Gasteiger partial charge in [0, 0.05) is 36.5 Å². The lowest BCUT2D eigenvalue weighted by Gasteiger charge is -2.32. The molecule has 1 aliphatic heterocycles. The molecular weight excluding hydrogens is 383 g/mol. The van der Waals surface area contributed by atoms with Crippen LogP contribution >= 0.6 is 11.6 Å². The standard InChI is InChI=1S/C20H18ClFN4O2/c21-17-8-14(9-23-19(17)27)20(28)26-7-1-2-13(11-26)18-16(10-24-25-18)12-3-5-15(22)6-4-12/h3-6,8-10,13H,1-2,7,11H2,(H,23,27)(H,24,25)/t13-/m0/s1. The summed E-state index contributed by atoms with van der Waals surface area (Å²) < 4.78 is 13.2. The van der Waals surface area contributed by atoms with Gasteiger partial charge in [-0.3, -0.25) is 14.7 Å². The van der Waals surface area contributed by atoms with Gasteiger partial charge in [0.1, 0.15) is 10.8 Å². The van der Waals surface area contributed by atoms with Crippen LogP contribution in [0.4, 0.5) is 4.39 Å². The summed E-state index contributed by atoms with van der Waals surface area (Å²) in [5.74, 6) is -0.382. The maximum absolute atomic E-state index is 13.2. The molecule has 1 aromatic carbocycles. The number of aromatic amines is 2. The first-order chi connectivity index (χ1) is 13.5. The number of aromatic nitrogens is 3. The first-order valence-electron chi connectivity index (χ1n) is 8.99. The van der Waals surface area contributed by atoms with E-state index in [2.05, 4.69) is 15.2 Å². The van der Waals surface area contributed by atoms with Crippen LogP contribution < -0.4 is 5.56 Å². The molecule has 2 N–H and O–H groups in total. The second-order valence-electron chi connectivity index (χ2n) is 6.86. The van der Waals surface area contributed by atoms with Gasteiger partial charge in [0.2, 0.25) is 0 Å². The zero-order valence-electron chi connectivity index (χ0n) is 14.9. The number of amides is 1.